The Labute approximate surface area is 110 Å². The number of nitrogens with zero attached hydrogens (tertiary/aromatic N) is 2. The Balaban J connectivity index is 2.27. The van der Waals surface area contributed by atoms with E-state index in [1.54, 1.807) is 7.11 Å². The molecule has 1 aromatic rings. The number of ether oxygens (including phenoxy) is 1. The van der Waals surface area contributed by atoms with Crippen molar-refractivity contribution in [1.29, 1.82) is 0 Å². The molecule has 1 heterocycles. The first kappa shape index (κ1) is 13.4. The summed E-state index contributed by atoms with van der Waals surface area (Å²) in [6, 6.07) is 0.728. The van der Waals surface area contributed by atoms with Crippen LogP contribution in [0.15, 0.2) is 6.20 Å². The topological polar surface area (TPSA) is 39.1 Å². The van der Waals surface area contributed by atoms with Crippen molar-refractivity contribution in [2.75, 3.05) is 13.7 Å². The van der Waals surface area contributed by atoms with Gasteiger partial charge < -0.3 is 10.1 Å². The zero-order valence-corrected chi connectivity index (χ0v) is 11.9. The second kappa shape index (κ2) is 5.74. The van der Waals surface area contributed by atoms with Crippen molar-refractivity contribution in [1.82, 2.24) is 15.1 Å². The van der Waals surface area contributed by atoms with Gasteiger partial charge in [0.05, 0.1) is 25.0 Å². The molecule has 0 spiro atoms. The Morgan fingerprint density at radius 3 is 2.72 bits per heavy atom. The summed E-state index contributed by atoms with van der Waals surface area (Å²) in [5.41, 5.74) is 1.21. The van der Waals surface area contributed by atoms with Crippen LogP contribution in [-0.2, 0) is 0 Å². The molecular formula is C14H25N3O. The first-order valence-electron chi connectivity index (χ1n) is 7.02. The van der Waals surface area contributed by atoms with Gasteiger partial charge in [-0.1, -0.05) is 19.8 Å². The minimum Gasteiger partial charge on any atom is -0.493 e. The van der Waals surface area contributed by atoms with Gasteiger partial charge in [-0.05, 0) is 32.7 Å². The quantitative estimate of drug-likeness (QED) is 0.810. The zero-order valence-electron chi connectivity index (χ0n) is 11.9. The van der Waals surface area contributed by atoms with Crippen molar-refractivity contribution in [2.24, 2.45) is 5.92 Å². The van der Waals surface area contributed by atoms with E-state index in [-0.39, 0.29) is 0 Å². The molecule has 4 nitrogen and oxygen atoms in total. The number of rotatable bonds is 7. The normalized spacial score (nSPS) is 17.2. The van der Waals surface area contributed by atoms with Crippen LogP contribution in [0.5, 0.6) is 5.75 Å². The smallest absolute Gasteiger partial charge is 0.161 e. The predicted molar refractivity (Wildman–Crippen MR) is 72.9 cm³/mol. The van der Waals surface area contributed by atoms with E-state index >= 15 is 0 Å². The highest BCUT2D eigenvalue weighted by atomic mass is 16.5. The van der Waals surface area contributed by atoms with Gasteiger partial charge in [-0.15, -0.1) is 0 Å². The first-order chi connectivity index (χ1) is 8.67. The van der Waals surface area contributed by atoms with Gasteiger partial charge in [0.15, 0.2) is 5.75 Å². The van der Waals surface area contributed by atoms with Crippen molar-refractivity contribution < 1.29 is 4.74 Å². The second-order valence-electron chi connectivity index (χ2n) is 5.43. The molecule has 0 amide bonds. The van der Waals surface area contributed by atoms with E-state index in [4.69, 9.17) is 4.74 Å². The van der Waals surface area contributed by atoms with Crippen LogP contribution in [0.2, 0.25) is 0 Å². The highest BCUT2D eigenvalue weighted by Crippen LogP contribution is 2.40. The van der Waals surface area contributed by atoms with Crippen molar-refractivity contribution in [3.63, 3.8) is 0 Å². The summed E-state index contributed by atoms with van der Waals surface area (Å²) in [5.74, 6) is 1.80. The van der Waals surface area contributed by atoms with E-state index in [0.717, 1.165) is 18.2 Å². The number of methoxy groups -OCH3 is 1. The third kappa shape index (κ3) is 2.86. The molecule has 1 atom stereocenters. The summed E-state index contributed by atoms with van der Waals surface area (Å²) >= 11 is 0. The maximum atomic E-state index is 5.48. The fourth-order valence-corrected chi connectivity index (χ4v) is 2.48. The lowest BCUT2D eigenvalue weighted by Gasteiger charge is -2.22. The number of hydrogen-bond donors (Lipinski definition) is 1. The van der Waals surface area contributed by atoms with Gasteiger partial charge in [-0.2, -0.15) is 5.10 Å². The average molecular weight is 251 g/mol. The first-order valence-corrected chi connectivity index (χ1v) is 7.02. The summed E-state index contributed by atoms with van der Waals surface area (Å²) in [6.07, 6.45) is 5.79. The lowest BCUT2D eigenvalue weighted by atomic mass is 10.1. The maximum absolute atomic E-state index is 5.48. The molecule has 1 unspecified atom stereocenters. The van der Waals surface area contributed by atoms with Gasteiger partial charge in [0.25, 0.3) is 0 Å². The SMILES string of the molecule is CCNC(CC1CC1)c1c(OC)cnn1C(C)C. The Kier molecular flexibility index (Phi) is 4.27. The molecule has 1 aliphatic carbocycles. The summed E-state index contributed by atoms with van der Waals surface area (Å²) in [7, 11) is 1.73. The van der Waals surface area contributed by atoms with E-state index in [1.165, 1.54) is 25.0 Å². The van der Waals surface area contributed by atoms with Gasteiger partial charge in [-0.25, -0.2) is 0 Å². The lowest BCUT2D eigenvalue weighted by molar-refractivity contribution is 0.373. The fraction of sp³-hybridized carbons (Fsp3) is 0.786. The molecule has 1 aromatic heterocycles. The Bertz CT molecular complexity index is 382. The lowest BCUT2D eigenvalue weighted by Crippen LogP contribution is -2.25. The van der Waals surface area contributed by atoms with Crippen molar-refractivity contribution in [3.8, 4) is 5.75 Å². The monoisotopic (exact) mass is 251 g/mol. The van der Waals surface area contributed by atoms with Gasteiger partial charge in [0.1, 0.15) is 0 Å². The zero-order chi connectivity index (χ0) is 13.1. The van der Waals surface area contributed by atoms with E-state index in [2.05, 4.69) is 35.9 Å². The molecular weight excluding hydrogens is 226 g/mol. The molecule has 2 rings (SSSR count). The largest absolute Gasteiger partial charge is 0.493 e. The van der Waals surface area contributed by atoms with Crippen molar-refractivity contribution in [3.05, 3.63) is 11.9 Å². The van der Waals surface area contributed by atoms with Crippen LogP contribution in [-0.4, -0.2) is 23.4 Å². The Morgan fingerprint density at radius 1 is 1.50 bits per heavy atom. The standard InChI is InChI=1S/C14H25N3O/c1-5-15-12(8-11-6-7-11)14-13(18-4)9-16-17(14)10(2)3/h9-12,15H,5-8H2,1-4H3. The van der Waals surface area contributed by atoms with Crippen LogP contribution in [0.1, 0.15) is 57.8 Å². The summed E-state index contributed by atoms with van der Waals surface area (Å²) in [5, 5.41) is 8.05. The van der Waals surface area contributed by atoms with Crippen LogP contribution in [0.3, 0.4) is 0 Å². The molecule has 4 heteroatoms. The minimum absolute atomic E-state index is 0.363. The number of nitrogens with one attached hydrogen (secondary N) is 1. The highest BCUT2D eigenvalue weighted by Gasteiger charge is 2.30. The molecule has 0 aromatic carbocycles. The number of aromatic nitrogens is 2. The Hall–Kier alpha value is -1.03. The number of hydrogen-bond acceptors (Lipinski definition) is 3. The molecule has 0 aliphatic heterocycles. The molecule has 1 aliphatic rings. The fourth-order valence-electron chi connectivity index (χ4n) is 2.48. The van der Waals surface area contributed by atoms with Gasteiger partial charge in [0.2, 0.25) is 0 Å². The van der Waals surface area contributed by atoms with Crippen LogP contribution in [0, 0.1) is 5.92 Å². The Morgan fingerprint density at radius 2 is 2.22 bits per heavy atom. The van der Waals surface area contributed by atoms with E-state index in [0.29, 0.717) is 12.1 Å². The van der Waals surface area contributed by atoms with E-state index in [9.17, 15) is 0 Å². The summed E-state index contributed by atoms with van der Waals surface area (Å²) in [4.78, 5) is 0. The van der Waals surface area contributed by atoms with E-state index < -0.39 is 0 Å². The molecule has 1 fully saturated rings. The van der Waals surface area contributed by atoms with Crippen LogP contribution in [0.4, 0.5) is 0 Å². The minimum atomic E-state index is 0.363. The van der Waals surface area contributed by atoms with Crippen LogP contribution >= 0.6 is 0 Å². The summed E-state index contributed by atoms with van der Waals surface area (Å²) in [6.45, 7) is 7.46. The molecule has 0 bridgehead atoms. The van der Waals surface area contributed by atoms with Crippen LogP contribution in [0.25, 0.3) is 0 Å². The third-order valence-electron chi connectivity index (χ3n) is 3.55. The predicted octanol–water partition coefficient (Wildman–Crippen LogP) is 2.92. The second-order valence-corrected chi connectivity index (χ2v) is 5.43. The van der Waals surface area contributed by atoms with Gasteiger partial charge in [-0.3, -0.25) is 4.68 Å². The summed E-state index contributed by atoms with van der Waals surface area (Å²) < 4.78 is 7.57. The maximum Gasteiger partial charge on any atom is 0.161 e. The molecule has 1 saturated carbocycles. The van der Waals surface area contributed by atoms with Crippen molar-refractivity contribution in [2.45, 2.75) is 52.1 Å². The molecule has 18 heavy (non-hydrogen) atoms. The average Bonchev–Trinajstić information content (AvgIpc) is 3.04. The van der Waals surface area contributed by atoms with Gasteiger partial charge in [0, 0.05) is 6.04 Å². The molecule has 102 valence electrons. The highest BCUT2D eigenvalue weighted by molar-refractivity contribution is 5.29. The van der Waals surface area contributed by atoms with Crippen molar-refractivity contribution >= 4 is 0 Å². The van der Waals surface area contributed by atoms with Crippen LogP contribution < -0.4 is 10.1 Å². The third-order valence-corrected chi connectivity index (χ3v) is 3.55. The molecule has 0 radical (unpaired) electrons. The molecule has 0 saturated heterocycles. The van der Waals surface area contributed by atoms with Gasteiger partial charge >= 0.3 is 0 Å². The van der Waals surface area contributed by atoms with E-state index in [1.807, 2.05) is 6.20 Å². The molecule has 1 N–H and O–H groups in total.